The molecule has 1 aromatic carbocycles. The van der Waals surface area contributed by atoms with Crippen molar-refractivity contribution in [3.8, 4) is 5.75 Å². The molecule has 1 saturated carbocycles. The molecule has 1 fully saturated rings. The third-order valence-electron chi connectivity index (χ3n) is 5.65. The molecule has 1 aromatic heterocycles. The molecular weight excluding hydrogens is 362 g/mol. The van der Waals surface area contributed by atoms with Crippen molar-refractivity contribution in [3.63, 3.8) is 0 Å². The zero-order chi connectivity index (χ0) is 20.5. The quantitative estimate of drug-likeness (QED) is 0.662. The maximum Gasteiger partial charge on any atom is 0.119 e. The van der Waals surface area contributed by atoms with Crippen molar-refractivity contribution in [2.24, 2.45) is 0 Å². The van der Waals surface area contributed by atoms with Crippen LogP contribution >= 0.6 is 0 Å². The second-order valence-electron chi connectivity index (χ2n) is 8.34. The monoisotopic (exact) mass is 397 g/mol. The van der Waals surface area contributed by atoms with Gasteiger partial charge in [-0.05, 0) is 56.8 Å². The number of aromatic nitrogens is 1. The molecule has 2 aromatic rings. The highest BCUT2D eigenvalue weighted by Crippen LogP contribution is 2.22. The fourth-order valence-electron chi connectivity index (χ4n) is 4.12. The number of pyridine rings is 1. The van der Waals surface area contributed by atoms with Gasteiger partial charge in [-0.3, -0.25) is 9.88 Å². The molecule has 5 heteroatoms. The van der Waals surface area contributed by atoms with Crippen molar-refractivity contribution in [1.82, 2.24) is 14.8 Å². The molecule has 0 amide bonds. The van der Waals surface area contributed by atoms with Crippen molar-refractivity contribution in [2.75, 3.05) is 27.2 Å². The van der Waals surface area contributed by atoms with E-state index in [2.05, 4.69) is 41.0 Å². The standard InChI is InChI=1S/C24H35N3O2/c1-26(17-21-10-6-7-14-25-21)16-20-9-8-13-24(15-20)29-19-23(28)18-27(2)22-11-4-3-5-12-22/h6-10,13-15,22-23,28H,3-5,11-12,16-19H2,1-2H3/t23-/m0/s1. The zero-order valence-corrected chi connectivity index (χ0v) is 17.8. The molecule has 1 heterocycles. The van der Waals surface area contributed by atoms with Gasteiger partial charge in [0.2, 0.25) is 0 Å². The van der Waals surface area contributed by atoms with Crippen molar-refractivity contribution in [2.45, 2.75) is 57.3 Å². The van der Waals surface area contributed by atoms with Crippen LogP contribution < -0.4 is 4.74 Å². The summed E-state index contributed by atoms with van der Waals surface area (Å²) in [5, 5.41) is 10.4. The third kappa shape index (κ3) is 7.42. The van der Waals surface area contributed by atoms with Gasteiger partial charge in [-0.25, -0.2) is 0 Å². The minimum Gasteiger partial charge on any atom is -0.491 e. The van der Waals surface area contributed by atoms with Crippen LogP contribution in [0, 0.1) is 0 Å². The molecule has 0 bridgehead atoms. The minimum absolute atomic E-state index is 0.324. The molecule has 0 unspecified atom stereocenters. The lowest BCUT2D eigenvalue weighted by molar-refractivity contribution is 0.0561. The second kappa shape index (κ2) is 11.3. The number of hydrogen-bond acceptors (Lipinski definition) is 5. The van der Waals surface area contributed by atoms with Gasteiger partial charge in [-0.15, -0.1) is 0 Å². The summed E-state index contributed by atoms with van der Waals surface area (Å²) in [5.74, 6) is 0.813. The molecule has 0 aliphatic heterocycles. The minimum atomic E-state index is -0.475. The van der Waals surface area contributed by atoms with E-state index in [4.69, 9.17) is 4.74 Å². The summed E-state index contributed by atoms with van der Waals surface area (Å²) < 4.78 is 5.89. The topological polar surface area (TPSA) is 48.8 Å². The molecule has 1 N–H and O–H groups in total. The Bertz CT molecular complexity index is 719. The Morgan fingerprint density at radius 2 is 1.90 bits per heavy atom. The Kier molecular flexibility index (Phi) is 8.47. The number of rotatable bonds is 10. The summed E-state index contributed by atoms with van der Waals surface area (Å²) in [6, 6.07) is 14.7. The fourth-order valence-corrected chi connectivity index (χ4v) is 4.12. The molecule has 0 spiro atoms. The Balaban J connectivity index is 1.44. The lowest BCUT2D eigenvalue weighted by Crippen LogP contribution is -2.40. The van der Waals surface area contributed by atoms with Gasteiger partial charge in [0.15, 0.2) is 0 Å². The lowest BCUT2D eigenvalue weighted by Gasteiger charge is -2.32. The van der Waals surface area contributed by atoms with Crippen molar-refractivity contribution >= 4 is 0 Å². The van der Waals surface area contributed by atoms with E-state index in [1.165, 1.54) is 37.7 Å². The molecular formula is C24H35N3O2. The average molecular weight is 398 g/mol. The number of aliphatic hydroxyl groups is 1. The number of aliphatic hydroxyl groups excluding tert-OH is 1. The number of ether oxygens (including phenoxy) is 1. The largest absolute Gasteiger partial charge is 0.491 e. The van der Waals surface area contributed by atoms with Gasteiger partial charge in [0.25, 0.3) is 0 Å². The van der Waals surface area contributed by atoms with E-state index < -0.39 is 6.10 Å². The van der Waals surface area contributed by atoms with Crippen LogP contribution in [0.5, 0.6) is 5.75 Å². The first-order chi connectivity index (χ1) is 14.1. The summed E-state index contributed by atoms with van der Waals surface area (Å²) in [5.41, 5.74) is 2.25. The Morgan fingerprint density at radius 3 is 2.66 bits per heavy atom. The van der Waals surface area contributed by atoms with Gasteiger partial charge in [0.05, 0.1) is 5.69 Å². The number of likely N-dealkylation sites (N-methyl/N-ethyl adjacent to an activating group) is 1. The molecule has 1 aliphatic rings. The molecule has 29 heavy (non-hydrogen) atoms. The van der Waals surface area contributed by atoms with E-state index in [9.17, 15) is 5.11 Å². The summed E-state index contributed by atoms with van der Waals surface area (Å²) in [6.45, 7) is 2.61. The predicted octanol–water partition coefficient (Wildman–Crippen LogP) is 3.72. The smallest absolute Gasteiger partial charge is 0.119 e. The van der Waals surface area contributed by atoms with E-state index in [0.29, 0.717) is 19.2 Å². The van der Waals surface area contributed by atoms with Crippen LogP contribution in [0.15, 0.2) is 48.7 Å². The van der Waals surface area contributed by atoms with E-state index in [0.717, 1.165) is 24.5 Å². The summed E-state index contributed by atoms with van der Waals surface area (Å²) >= 11 is 0. The number of nitrogens with zero attached hydrogens (tertiary/aromatic N) is 3. The molecule has 3 rings (SSSR count). The highest BCUT2D eigenvalue weighted by Gasteiger charge is 2.20. The highest BCUT2D eigenvalue weighted by molar-refractivity contribution is 5.28. The first kappa shape index (κ1) is 21.8. The molecule has 5 nitrogen and oxygen atoms in total. The molecule has 1 atom stereocenters. The van der Waals surface area contributed by atoms with E-state index in [1.807, 2.05) is 36.5 Å². The lowest BCUT2D eigenvalue weighted by atomic mass is 9.94. The second-order valence-corrected chi connectivity index (χ2v) is 8.34. The van der Waals surface area contributed by atoms with Crippen LogP contribution in [0.4, 0.5) is 0 Å². The fraction of sp³-hybridized carbons (Fsp3) is 0.542. The number of hydrogen-bond donors (Lipinski definition) is 1. The summed E-state index contributed by atoms with van der Waals surface area (Å²) in [4.78, 5) is 8.92. The van der Waals surface area contributed by atoms with Gasteiger partial charge in [-0.2, -0.15) is 0 Å². The van der Waals surface area contributed by atoms with Crippen LogP contribution in [0.3, 0.4) is 0 Å². The maximum atomic E-state index is 10.4. The summed E-state index contributed by atoms with van der Waals surface area (Å²) in [7, 11) is 4.21. The Morgan fingerprint density at radius 1 is 1.07 bits per heavy atom. The van der Waals surface area contributed by atoms with Crippen molar-refractivity contribution < 1.29 is 9.84 Å². The van der Waals surface area contributed by atoms with E-state index in [-0.39, 0.29) is 0 Å². The molecule has 0 radical (unpaired) electrons. The van der Waals surface area contributed by atoms with Crippen LogP contribution in [-0.2, 0) is 13.1 Å². The Labute approximate surface area is 175 Å². The first-order valence-corrected chi connectivity index (χ1v) is 10.8. The van der Waals surface area contributed by atoms with Gasteiger partial charge >= 0.3 is 0 Å². The normalized spacial score (nSPS) is 16.3. The first-order valence-electron chi connectivity index (χ1n) is 10.8. The van der Waals surface area contributed by atoms with Crippen LogP contribution in [0.2, 0.25) is 0 Å². The maximum absolute atomic E-state index is 10.4. The average Bonchev–Trinajstić information content (AvgIpc) is 2.74. The Hall–Kier alpha value is -1.95. The van der Waals surface area contributed by atoms with Gasteiger partial charge in [0, 0.05) is 31.9 Å². The van der Waals surface area contributed by atoms with Gasteiger partial charge in [0.1, 0.15) is 18.5 Å². The summed E-state index contributed by atoms with van der Waals surface area (Å²) in [6.07, 6.45) is 7.82. The SMILES string of the molecule is CN(Cc1cccc(OC[C@@H](O)CN(C)C2CCCCC2)c1)Cc1ccccn1. The third-order valence-corrected chi connectivity index (χ3v) is 5.65. The zero-order valence-electron chi connectivity index (χ0n) is 17.8. The molecule has 0 saturated heterocycles. The van der Waals surface area contributed by atoms with Crippen molar-refractivity contribution in [3.05, 3.63) is 59.9 Å². The van der Waals surface area contributed by atoms with E-state index >= 15 is 0 Å². The predicted molar refractivity (Wildman–Crippen MR) is 117 cm³/mol. The molecule has 1 aliphatic carbocycles. The van der Waals surface area contributed by atoms with E-state index in [1.54, 1.807) is 0 Å². The molecule has 158 valence electrons. The number of benzene rings is 1. The van der Waals surface area contributed by atoms with Gasteiger partial charge < -0.3 is 14.7 Å². The highest BCUT2D eigenvalue weighted by atomic mass is 16.5. The van der Waals surface area contributed by atoms with Crippen LogP contribution in [-0.4, -0.2) is 59.3 Å². The van der Waals surface area contributed by atoms with Crippen LogP contribution in [0.25, 0.3) is 0 Å². The van der Waals surface area contributed by atoms with Gasteiger partial charge in [-0.1, -0.05) is 37.5 Å². The van der Waals surface area contributed by atoms with Crippen LogP contribution in [0.1, 0.15) is 43.4 Å². The van der Waals surface area contributed by atoms with Crippen molar-refractivity contribution in [1.29, 1.82) is 0 Å².